The number of hydrogen-bond donors (Lipinski definition) is 0. The van der Waals surface area contributed by atoms with E-state index in [9.17, 15) is 9.59 Å². The van der Waals surface area contributed by atoms with Gasteiger partial charge in [0.2, 0.25) is 11.6 Å². The Morgan fingerprint density at radius 2 is 1.65 bits per heavy atom. The largest absolute Gasteiger partial charge is 0.497 e. The van der Waals surface area contributed by atoms with Crippen molar-refractivity contribution in [3.8, 4) is 5.75 Å². The highest BCUT2D eigenvalue weighted by atomic mass is 16.5. The van der Waals surface area contributed by atoms with E-state index in [-0.39, 0.29) is 11.8 Å². The van der Waals surface area contributed by atoms with Crippen LogP contribution in [-0.4, -0.2) is 64.9 Å². The molecule has 8 nitrogen and oxygen atoms in total. The van der Waals surface area contributed by atoms with Crippen LogP contribution < -0.4 is 4.74 Å². The van der Waals surface area contributed by atoms with Crippen molar-refractivity contribution in [1.29, 1.82) is 0 Å². The molecule has 250 valence electrons. The molecule has 7 rings (SSSR count). The lowest BCUT2D eigenvalue weighted by atomic mass is 9.94. The van der Waals surface area contributed by atoms with Crippen LogP contribution in [0.2, 0.25) is 0 Å². The second-order valence-electron chi connectivity index (χ2n) is 13.1. The quantitative estimate of drug-likeness (QED) is 0.168. The third-order valence-corrected chi connectivity index (χ3v) is 9.66. The molecular weight excluding hydrogens is 600 g/mol. The first-order valence-electron chi connectivity index (χ1n) is 17.3. The standard InChI is InChI=1S/C21H24N2O2.C19H22N2O2/c1-23(17-6-4-3-5-7-17)21(24)16-11-15-10-14-8-9-18(25-2)13-20(14)22-19(15)12-16;1-4-6-9-21(5-2)19(22)17-12-15-11-14-8-7-13(3)10-16(14)20-18(15)23-17/h8-11,13,17H,3-7,12H2,1-2H3;7-8,10-12H,4-6,9H2,1-3H3. The molecule has 0 spiro atoms. The van der Waals surface area contributed by atoms with Gasteiger partial charge in [-0.15, -0.1) is 0 Å². The monoisotopic (exact) mass is 646 g/mol. The molecule has 3 heterocycles. The van der Waals surface area contributed by atoms with E-state index in [4.69, 9.17) is 14.1 Å². The number of carbonyl (C=O) groups excluding carboxylic acids is 2. The number of methoxy groups -OCH3 is 1. The van der Waals surface area contributed by atoms with Crippen LogP contribution in [0.25, 0.3) is 39.0 Å². The van der Waals surface area contributed by atoms with E-state index in [1.807, 2.05) is 73.2 Å². The summed E-state index contributed by atoms with van der Waals surface area (Å²) >= 11 is 0. The van der Waals surface area contributed by atoms with E-state index < -0.39 is 0 Å². The minimum absolute atomic E-state index is 0.0563. The number of carbonyl (C=O) groups is 2. The maximum atomic E-state index is 12.9. The SMILES string of the molecule is CCCCN(CC)C(=O)c1cc2cc3ccc(C)cc3nc2o1.COc1ccc2cc3c(nc2c1)CC(C(=O)N(C)C1CCCCC1)=C3. The van der Waals surface area contributed by atoms with Gasteiger partial charge in [0.25, 0.3) is 5.91 Å². The van der Waals surface area contributed by atoms with E-state index >= 15 is 0 Å². The number of pyridine rings is 2. The fourth-order valence-corrected chi connectivity index (χ4v) is 6.76. The Labute approximate surface area is 282 Å². The zero-order valence-corrected chi connectivity index (χ0v) is 28.8. The van der Waals surface area contributed by atoms with Crippen LogP contribution in [0.5, 0.6) is 5.75 Å². The number of likely N-dealkylation sites (N-methyl/N-ethyl adjacent to an activating group) is 1. The first kappa shape index (κ1) is 33.2. The van der Waals surface area contributed by atoms with Crippen LogP contribution in [0.15, 0.2) is 64.6 Å². The first-order valence-corrected chi connectivity index (χ1v) is 17.3. The van der Waals surface area contributed by atoms with Gasteiger partial charge in [-0.05, 0) is 86.7 Å². The smallest absolute Gasteiger partial charge is 0.289 e. The Bertz CT molecular complexity index is 1990. The summed E-state index contributed by atoms with van der Waals surface area (Å²) in [6.45, 7) is 7.60. The molecule has 0 aliphatic heterocycles. The Balaban J connectivity index is 0.000000168. The van der Waals surface area contributed by atoms with E-state index in [1.165, 1.54) is 19.3 Å². The van der Waals surface area contributed by atoms with Crippen LogP contribution in [-0.2, 0) is 11.2 Å². The number of unbranched alkanes of at least 4 members (excludes halogenated alkanes) is 1. The summed E-state index contributed by atoms with van der Waals surface area (Å²) in [5.74, 6) is 1.28. The molecule has 2 amide bonds. The zero-order valence-electron chi connectivity index (χ0n) is 28.8. The highest BCUT2D eigenvalue weighted by Crippen LogP contribution is 2.31. The van der Waals surface area contributed by atoms with Gasteiger partial charge in [0.05, 0.1) is 23.8 Å². The predicted octanol–water partition coefficient (Wildman–Crippen LogP) is 8.53. The number of rotatable bonds is 8. The van der Waals surface area contributed by atoms with Crippen molar-refractivity contribution in [2.24, 2.45) is 0 Å². The van der Waals surface area contributed by atoms with Gasteiger partial charge in [0.15, 0.2) is 5.76 Å². The van der Waals surface area contributed by atoms with Gasteiger partial charge in [0.1, 0.15) is 5.75 Å². The summed E-state index contributed by atoms with van der Waals surface area (Å²) in [5, 5.41) is 3.00. The summed E-state index contributed by atoms with van der Waals surface area (Å²) in [4.78, 5) is 38.6. The molecule has 0 unspecified atom stereocenters. The lowest BCUT2D eigenvalue weighted by Crippen LogP contribution is -2.39. The van der Waals surface area contributed by atoms with Crippen molar-refractivity contribution in [2.45, 2.75) is 78.2 Å². The third-order valence-electron chi connectivity index (χ3n) is 9.66. The highest BCUT2D eigenvalue weighted by Gasteiger charge is 2.27. The van der Waals surface area contributed by atoms with Crippen LogP contribution in [0.3, 0.4) is 0 Å². The summed E-state index contributed by atoms with van der Waals surface area (Å²) in [6, 6.07) is 18.4. The predicted molar refractivity (Wildman–Crippen MR) is 192 cm³/mol. The molecule has 0 atom stereocenters. The minimum Gasteiger partial charge on any atom is -0.497 e. The Kier molecular flexibility index (Phi) is 10.1. The van der Waals surface area contributed by atoms with E-state index in [2.05, 4.69) is 24.0 Å². The van der Waals surface area contributed by atoms with Gasteiger partial charge in [-0.25, -0.2) is 4.98 Å². The van der Waals surface area contributed by atoms with E-state index in [0.29, 0.717) is 30.5 Å². The summed E-state index contributed by atoms with van der Waals surface area (Å²) in [5.41, 5.74) is 6.41. The fourth-order valence-electron chi connectivity index (χ4n) is 6.76. The maximum absolute atomic E-state index is 12.9. The molecular formula is C40H46N4O4. The van der Waals surface area contributed by atoms with Gasteiger partial charge in [-0.1, -0.05) is 44.7 Å². The van der Waals surface area contributed by atoms with Crippen LogP contribution in [0.4, 0.5) is 0 Å². The average Bonchev–Trinajstić information content (AvgIpc) is 3.73. The van der Waals surface area contributed by atoms with Crippen LogP contribution in [0.1, 0.15) is 86.2 Å². The molecule has 2 aliphatic carbocycles. The molecule has 8 heteroatoms. The van der Waals surface area contributed by atoms with Crippen molar-refractivity contribution < 1.29 is 18.7 Å². The first-order chi connectivity index (χ1) is 23.3. The van der Waals surface area contributed by atoms with Crippen LogP contribution >= 0.6 is 0 Å². The summed E-state index contributed by atoms with van der Waals surface area (Å²) < 4.78 is 11.0. The Hall–Kier alpha value is -4.72. The number of nitrogens with zero attached hydrogens (tertiary/aromatic N) is 4. The average molecular weight is 647 g/mol. The van der Waals surface area contributed by atoms with E-state index in [0.717, 1.165) is 87.6 Å². The molecule has 1 saturated carbocycles. The fraction of sp³-hybridized carbons (Fsp3) is 0.400. The van der Waals surface area contributed by atoms with Gasteiger partial charge >= 0.3 is 0 Å². The minimum atomic E-state index is -0.0563. The molecule has 0 bridgehead atoms. The molecule has 2 aliphatic rings. The Morgan fingerprint density at radius 1 is 0.896 bits per heavy atom. The van der Waals surface area contributed by atoms with Gasteiger partial charge in [-0.2, -0.15) is 0 Å². The van der Waals surface area contributed by atoms with Gasteiger partial charge < -0.3 is 19.0 Å². The maximum Gasteiger partial charge on any atom is 0.289 e. The number of hydrogen-bond acceptors (Lipinski definition) is 6. The van der Waals surface area contributed by atoms with Gasteiger partial charge in [-0.3, -0.25) is 14.6 Å². The van der Waals surface area contributed by atoms with Crippen molar-refractivity contribution in [1.82, 2.24) is 19.8 Å². The topological polar surface area (TPSA) is 88.8 Å². The van der Waals surface area contributed by atoms with Crippen molar-refractivity contribution in [3.05, 3.63) is 82.8 Å². The molecule has 5 aromatic rings. The van der Waals surface area contributed by atoms with E-state index in [1.54, 1.807) is 13.2 Å². The molecule has 48 heavy (non-hydrogen) atoms. The highest BCUT2D eigenvalue weighted by molar-refractivity contribution is 6.01. The van der Waals surface area contributed by atoms with Gasteiger partial charge in [0, 0.05) is 60.4 Å². The number of aromatic nitrogens is 2. The third kappa shape index (κ3) is 7.08. The lowest BCUT2D eigenvalue weighted by Gasteiger charge is -2.31. The molecule has 0 N–H and O–H groups in total. The number of amides is 2. The molecule has 3 aromatic heterocycles. The Morgan fingerprint density at radius 3 is 2.40 bits per heavy atom. The van der Waals surface area contributed by atoms with Crippen molar-refractivity contribution in [2.75, 3.05) is 27.2 Å². The molecule has 0 saturated heterocycles. The van der Waals surface area contributed by atoms with Crippen molar-refractivity contribution in [3.63, 3.8) is 0 Å². The lowest BCUT2D eigenvalue weighted by molar-refractivity contribution is -0.128. The normalized spacial score (nSPS) is 14.4. The summed E-state index contributed by atoms with van der Waals surface area (Å²) in [7, 11) is 3.62. The number of furan rings is 1. The molecule has 1 fully saturated rings. The number of aryl methyl sites for hydroxylation is 1. The molecule has 0 radical (unpaired) electrons. The number of fused-ring (bicyclic) bond motifs is 4. The second-order valence-corrected chi connectivity index (χ2v) is 13.1. The van der Waals surface area contributed by atoms with Crippen LogP contribution in [0, 0.1) is 6.92 Å². The number of ether oxygens (including phenoxy) is 1. The second kappa shape index (κ2) is 14.6. The number of benzene rings is 2. The summed E-state index contributed by atoms with van der Waals surface area (Å²) in [6.07, 6.45) is 10.7. The van der Waals surface area contributed by atoms with Crippen molar-refractivity contribution >= 4 is 50.8 Å². The zero-order chi connectivity index (χ0) is 33.8. The molecule has 2 aromatic carbocycles.